The quantitative estimate of drug-likeness (QED) is 0.755. The first-order chi connectivity index (χ1) is 10.1. The van der Waals surface area contributed by atoms with E-state index in [4.69, 9.17) is 10.2 Å². The summed E-state index contributed by atoms with van der Waals surface area (Å²) >= 11 is 0. The van der Waals surface area contributed by atoms with Gasteiger partial charge in [-0.3, -0.25) is 4.98 Å². The molecule has 1 atom stereocenters. The lowest BCUT2D eigenvalue weighted by Crippen LogP contribution is -2.09. The van der Waals surface area contributed by atoms with Gasteiger partial charge in [-0.15, -0.1) is 0 Å². The molecule has 0 amide bonds. The molecule has 0 saturated heterocycles. The number of fused-ring (bicyclic) bond motifs is 1. The molecule has 21 heavy (non-hydrogen) atoms. The normalized spacial score (nSPS) is 12.5. The summed E-state index contributed by atoms with van der Waals surface area (Å²) in [6.45, 7) is 6.04. The van der Waals surface area contributed by atoms with Gasteiger partial charge in [0.25, 0.3) is 0 Å². The molecule has 4 nitrogen and oxygen atoms in total. The van der Waals surface area contributed by atoms with E-state index in [1.54, 1.807) is 6.20 Å². The Kier molecular flexibility index (Phi) is 3.29. The van der Waals surface area contributed by atoms with Crippen LogP contribution in [0.5, 0.6) is 0 Å². The first kappa shape index (κ1) is 13.5. The van der Waals surface area contributed by atoms with Gasteiger partial charge in [-0.05, 0) is 32.9 Å². The van der Waals surface area contributed by atoms with Gasteiger partial charge in [-0.25, -0.2) is 0 Å². The van der Waals surface area contributed by atoms with Crippen LogP contribution in [-0.2, 0) is 0 Å². The predicted octanol–water partition coefficient (Wildman–Crippen LogP) is 4.20. The van der Waals surface area contributed by atoms with Crippen molar-refractivity contribution in [3.05, 3.63) is 53.6 Å². The van der Waals surface area contributed by atoms with E-state index in [2.05, 4.69) is 23.3 Å². The third-order valence-corrected chi connectivity index (χ3v) is 3.71. The second-order valence-electron chi connectivity index (χ2n) is 5.34. The number of para-hydroxylation sites is 1. The topological polar surface area (TPSA) is 64.1 Å². The number of aromatic nitrogens is 1. The second-order valence-corrected chi connectivity index (χ2v) is 5.34. The van der Waals surface area contributed by atoms with Crippen molar-refractivity contribution >= 4 is 22.3 Å². The highest BCUT2D eigenvalue weighted by atomic mass is 16.3. The van der Waals surface area contributed by atoms with Crippen LogP contribution in [0.3, 0.4) is 0 Å². The summed E-state index contributed by atoms with van der Waals surface area (Å²) in [5.41, 5.74) is 9.76. The molecule has 0 aliphatic carbocycles. The lowest BCUT2D eigenvalue weighted by atomic mass is 10.1. The first-order valence-corrected chi connectivity index (χ1v) is 7.03. The minimum atomic E-state index is 0.107. The fraction of sp³-hybridized carbons (Fsp3) is 0.235. The highest BCUT2D eigenvalue weighted by Gasteiger charge is 2.15. The summed E-state index contributed by atoms with van der Waals surface area (Å²) in [5, 5.41) is 4.53. The average Bonchev–Trinajstić information content (AvgIpc) is 2.81. The zero-order chi connectivity index (χ0) is 15.0. The number of furan rings is 1. The number of nitrogens with one attached hydrogen (secondary N) is 1. The minimum Gasteiger partial charge on any atom is -0.466 e. The number of benzene rings is 1. The Morgan fingerprint density at radius 3 is 2.71 bits per heavy atom. The smallest absolute Gasteiger partial charge is 0.106 e. The van der Waals surface area contributed by atoms with Gasteiger partial charge in [0.05, 0.1) is 29.1 Å². The molecule has 0 fully saturated rings. The van der Waals surface area contributed by atoms with Crippen LogP contribution in [-0.4, -0.2) is 4.98 Å². The van der Waals surface area contributed by atoms with Gasteiger partial charge in [0.1, 0.15) is 11.5 Å². The Morgan fingerprint density at radius 2 is 2.00 bits per heavy atom. The van der Waals surface area contributed by atoms with Crippen LogP contribution in [0, 0.1) is 13.8 Å². The van der Waals surface area contributed by atoms with Crippen molar-refractivity contribution < 1.29 is 4.42 Å². The number of nitrogen functional groups attached to an aromatic ring is 1. The maximum Gasteiger partial charge on any atom is 0.106 e. The summed E-state index contributed by atoms with van der Waals surface area (Å²) in [6.07, 6.45) is 1.70. The van der Waals surface area contributed by atoms with Gasteiger partial charge < -0.3 is 15.5 Å². The highest BCUT2D eigenvalue weighted by molar-refractivity contribution is 5.97. The maximum absolute atomic E-state index is 6.11. The minimum absolute atomic E-state index is 0.107. The van der Waals surface area contributed by atoms with Gasteiger partial charge >= 0.3 is 0 Å². The van der Waals surface area contributed by atoms with Crippen molar-refractivity contribution in [2.24, 2.45) is 0 Å². The molecule has 0 saturated carbocycles. The lowest BCUT2D eigenvalue weighted by Gasteiger charge is -2.18. The Morgan fingerprint density at radius 1 is 1.24 bits per heavy atom. The number of nitrogens with zero attached hydrogens (tertiary/aromatic N) is 1. The molecule has 3 N–H and O–H groups in total. The van der Waals surface area contributed by atoms with Crippen molar-refractivity contribution in [2.75, 3.05) is 11.1 Å². The van der Waals surface area contributed by atoms with E-state index < -0.39 is 0 Å². The van der Waals surface area contributed by atoms with Gasteiger partial charge in [0, 0.05) is 10.9 Å². The molecule has 2 aromatic heterocycles. The number of aryl methyl sites for hydroxylation is 2. The van der Waals surface area contributed by atoms with E-state index in [9.17, 15) is 0 Å². The zero-order valence-corrected chi connectivity index (χ0v) is 12.5. The molecular weight excluding hydrogens is 262 g/mol. The molecule has 3 aromatic rings. The van der Waals surface area contributed by atoms with Crippen molar-refractivity contribution in [1.82, 2.24) is 4.98 Å². The average molecular weight is 281 g/mol. The predicted molar refractivity (Wildman–Crippen MR) is 86.4 cm³/mol. The molecule has 3 rings (SSSR count). The van der Waals surface area contributed by atoms with Crippen molar-refractivity contribution in [3.63, 3.8) is 0 Å². The Bertz CT molecular complexity index is 792. The summed E-state index contributed by atoms with van der Waals surface area (Å²) in [5.74, 6) is 1.85. The lowest BCUT2D eigenvalue weighted by molar-refractivity contribution is 0.500. The van der Waals surface area contributed by atoms with Crippen LogP contribution in [0.4, 0.5) is 11.4 Å². The highest BCUT2D eigenvalue weighted by Crippen LogP contribution is 2.32. The fourth-order valence-corrected chi connectivity index (χ4v) is 2.69. The molecule has 2 heterocycles. The number of hydrogen-bond acceptors (Lipinski definition) is 4. The zero-order valence-electron chi connectivity index (χ0n) is 12.5. The third kappa shape index (κ3) is 2.44. The van der Waals surface area contributed by atoms with E-state index in [1.165, 1.54) is 0 Å². The van der Waals surface area contributed by atoms with E-state index in [0.717, 1.165) is 33.7 Å². The van der Waals surface area contributed by atoms with Gasteiger partial charge in [0.2, 0.25) is 0 Å². The number of anilines is 2. The number of pyridine rings is 1. The molecule has 0 aliphatic rings. The van der Waals surface area contributed by atoms with Gasteiger partial charge in [0.15, 0.2) is 0 Å². The molecule has 0 aliphatic heterocycles. The molecule has 108 valence electrons. The first-order valence-electron chi connectivity index (χ1n) is 7.03. The number of nitrogens with two attached hydrogens (primary N) is 1. The molecule has 1 aromatic carbocycles. The largest absolute Gasteiger partial charge is 0.466 e. The van der Waals surface area contributed by atoms with Crippen LogP contribution >= 0.6 is 0 Å². The number of hydrogen-bond donors (Lipinski definition) is 2. The molecule has 1 unspecified atom stereocenters. The van der Waals surface area contributed by atoms with Crippen LogP contribution < -0.4 is 11.1 Å². The number of rotatable bonds is 3. The summed E-state index contributed by atoms with van der Waals surface area (Å²) in [7, 11) is 0. The molecule has 4 heteroatoms. The SMILES string of the molecule is Cc1cc(C(C)Nc2c(N)cnc3ccccc23)c(C)o1. The van der Waals surface area contributed by atoms with Gasteiger partial charge in [-0.2, -0.15) is 0 Å². The Balaban J connectivity index is 2.01. The van der Waals surface area contributed by atoms with Crippen LogP contribution in [0.1, 0.15) is 30.0 Å². The van der Waals surface area contributed by atoms with E-state index in [0.29, 0.717) is 5.69 Å². The van der Waals surface area contributed by atoms with Crippen LogP contribution in [0.2, 0.25) is 0 Å². The Labute approximate surface area is 124 Å². The van der Waals surface area contributed by atoms with Crippen LogP contribution in [0.15, 0.2) is 40.9 Å². The monoisotopic (exact) mass is 281 g/mol. The Hall–Kier alpha value is -2.49. The van der Waals surface area contributed by atoms with Crippen molar-refractivity contribution in [2.45, 2.75) is 26.8 Å². The molecule has 0 radical (unpaired) electrons. The van der Waals surface area contributed by atoms with E-state index >= 15 is 0 Å². The van der Waals surface area contributed by atoms with Gasteiger partial charge in [-0.1, -0.05) is 18.2 Å². The van der Waals surface area contributed by atoms with Crippen molar-refractivity contribution in [1.29, 1.82) is 0 Å². The third-order valence-electron chi connectivity index (χ3n) is 3.71. The maximum atomic E-state index is 6.11. The van der Waals surface area contributed by atoms with E-state index in [-0.39, 0.29) is 6.04 Å². The summed E-state index contributed by atoms with van der Waals surface area (Å²) in [6, 6.07) is 10.1. The standard InChI is InChI=1S/C17H19N3O/c1-10-8-14(12(3)21-10)11(2)20-17-13-6-4-5-7-16(13)19-9-15(17)18/h4-9,11H,18H2,1-3H3,(H,19,20). The van der Waals surface area contributed by atoms with Crippen LogP contribution in [0.25, 0.3) is 10.9 Å². The summed E-state index contributed by atoms with van der Waals surface area (Å²) in [4.78, 5) is 4.36. The molecule has 0 bridgehead atoms. The fourth-order valence-electron chi connectivity index (χ4n) is 2.69. The second kappa shape index (κ2) is 5.13. The molecular formula is C17H19N3O. The van der Waals surface area contributed by atoms with E-state index in [1.807, 2.05) is 38.1 Å². The van der Waals surface area contributed by atoms with Crippen molar-refractivity contribution in [3.8, 4) is 0 Å². The summed E-state index contributed by atoms with van der Waals surface area (Å²) < 4.78 is 5.61. The molecule has 0 spiro atoms.